The number of sulfone groups is 1. The fourth-order valence-corrected chi connectivity index (χ4v) is 4.03. The Bertz CT molecular complexity index is 899. The van der Waals surface area contributed by atoms with Crippen molar-refractivity contribution in [2.24, 2.45) is 0 Å². The van der Waals surface area contributed by atoms with Gasteiger partial charge >= 0.3 is 0 Å². The zero-order valence-electron chi connectivity index (χ0n) is 15.7. The largest absolute Gasteiger partial charge is 0.321 e. The average Bonchev–Trinajstić information content (AvgIpc) is 3.12. The van der Waals surface area contributed by atoms with Gasteiger partial charge in [0.2, 0.25) is 0 Å². The SMILES string of the molecule is CC(C)S(=O)(=O)Cc1cccc(NC(=O)c2ccn(C3CCCNC3)n2)c1. The number of benzene rings is 1. The van der Waals surface area contributed by atoms with Crippen LogP contribution in [0.3, 0.4) is 0 Å². The molecular weight excluding hydrogens is 364 g/mol. The van der Waals surface area contributed by atoms with E-state index < -0.39 is 15.1 Å². The Labute approximate surface area is 160 Å². The maximum atomic E-state index is 12.5. The molecule has 146 valence electrons. The summed E-state index contributed by atoms with van der Waals surface area (Å²) in [5.74, 6) is -0.348. The standard InChI is InChI=1S/C19H26N4O3S/c1-14(2)27(25,26)13-15-5-3-6-16(11-15)21-19(24)18-8-10-23(22-18)17-7-4-9-20-12-17/h3,5-6,8,10-11,14,17,20H,4,7,9,12-13H2,1-2H3,(H,21,24). The minimum Gasteiger partial charge on any atom is -0.321 e. The van der Waals surface area contributed by atoms with Crippen molar-refractivity contribution in [3.05, 3.63) is 47.8 Å². The number of piperidine rings is 1. The van der Waals surface area contributed by atoms with Crippen LogP contribution in [0.1, 0.15) is 48.8 Å². The van der Waals surface area contributed by atoms with E-state index in [1.54, 1.807) is 44.2 Å². The van der Waals surface area contributed by atoms with Crippen LogP contribution in [0.2, 0.25) is 0 Å². The number of hydrogen-bond donors (Lipinski definition) is 2. The number of aromatic nitrogens is 2. The van der Waals surface area contributed by atoms with E-state index in [4.69, 9.17) is 0 Å². The van der Waals surface area contributed by atoms with Crippen molar-refractivity contribution in [3.8, 4) is 0 Å². The molecule has 1 aromatic heterocycles. The molecule has 1 aromatic carbocycles. The molecule has 1 aliphatic heterocycles. The van der Waals surface area contributed by atoms with E-state index in [2.05, 4.69) is 15.7 Å². The first-order valence-electron chi connectivity index (χ1n) is 9.23. The minimum absolute atomic E-state index is 0.0440. The van der Waals surface area contributed by atoms with Crippen LogP contribution in [0.5, 0.6) is 0 Å². The number of amides is 1. The molecule has 0 spiro atoms. The normalized spacial score (nSPS) is 17.8. The van der Waals surface area contributed by atoms with Crippen LogP contribution in [0.25, 0.3) is 0 Å². The van der Waals surface area contributed by atoms with E-state index in [1.807, 2.05) is 10.9 Å². The summed E-state index contributed by atoms with van der Waals surface area (Å²) in [6.07, 6.45) is 3.97. The van der Waals surface area contributed by atoms with Crippen LogP contribution in [-0.4, -0.2) is 42.4 Å². The Morgan fingerprint density at radius 3 is 2.89 bits per heavy atom. The predicted octanol–water partition coefficient (Wildman–Crippen LogP) is 2.38. The van der Waals surface area contributed by atoms with Gasteiger partial charge in [-0.2, -0.15) is 5.10 Å². The Hall–Kier alpha value is -2.19. The van der Waals surface area contributed by atoms with Gasteiger partial charge in [0.15, 0.2) is 15.5 Å². The molecule has 27 heavy (non-hydrogen) atoms. The molecule has 8 heteroatoms. The molecule has 1 aliphatic rings. The lowest BCUT2D eigenvalue weighted by atomic mass is 10.1. The second-order valence-electron chi connectivity index (χ2n) is 7.19. The zero-order valence-corrected chi connectivity index (χ0v) is 16.5. The van der Waals surface area contributed by atoms with Crippen molar-refractivity contribution < 1.29 is 13.2 Å². The summed E-state index contributed by atoms with van der Waals surface area (Å²) in [5, 5.41) is 10.1. The highest BCUT2D eigenvalue weighted by Crippen LogP contribution is 2.18. The van der Waals surface area contributed by atoms with Gasteiger partial charge in [-0.05, 0) is 57.0 Å². The number of carbonyl (C=O) groups excluding carboxylic acids is 1. The van der Waals surface area contributed by atoms with Gasteiger partial charge in [-0.15, -0.1) is 0 Å². The second-order valence-corrected chi connectivity index (χ2v) is 9.75. The van der Waals surface area contributed by atoms with Crippen molar-refractivity contribution in [2.75, 3.05) is 18.4 Å². The summed E-state index contributed by atoms with van der Waals surface area (Å²) >= 11 is 0. The first-order valence-corrected chi connectivity index (χ1v) is 10.9. The van der Waals surface area contributed by atoms with Gasteiger partial charge in [0.05, 0.1) is 17.0 Å². The molecule has 0 saturated carbocycles. The van der Waals surface area contributed by atoms with Gasteiger partial charge < -0.3 is 10.6 Å². The number of nitrogens with zero attached hydrogens (tertiary/aromatic N) is 2. The van der Waals surface area contributed by atoms with Crippen LogP contribution < -0.4 is 10.6 Å². The molecule has 2 heterocycles. The Morgan fingerprint density at radius 2 is 2.19 bits per heavy atom. The highest BCUT2D eigenvalue weighted by Gasteiger charge is 2.19. The molecule has 0 radical (unpaired) electrons. The number of anilines is 1. The molecule has 0 aliphatic carbocycles. The predicted molar refractivity (Wildman–Crippen MR) is 106 cm³/mol. The van der Waals surface area contributed by atoms with Crippen molar-refractivity contribution >= 4 is 21.4 Å². The molecule has 1 amide bonds. The molecule has 2 N–H and O–H groups in total. The van der Waals surface area contributed by atoms with E-state index in [1.165, 1.54) is 0 Å². The van der Waals surface area contributed by atoms with Crippen LogP contribution in [0.15, 0.2) is 36.5 Å². The number of carbonyl (C=O) groups is 1. The van der Waals surface area contributed by atoms with Gasteiger partial charge in [-0.1, -0.05) is 12.1 Å². The molecule has 2 aromatic rings. The Morgan fingerprint density at radius 1 is 1.37 bits per heavy atom. The van der Waals surface area contributed by atoms with E-state index in [0.29, 0.717) is 16.9 Å². The Kier molecular flexibility index (Phi) is 5.96. The first-order chi connectivity index (χ1) is 12.8. The average molecular weight is 391 g/mol. The summed E-state index contributed by atoms with van der Waals surface area (Å²) in [5.41, 5.74) is 1.56. The second kappa shape index (κ2) is 8.22. The van der Waals surface area contributed by atoms with E-state index in [9.17, 15) is 13.2 Å². The third-order valence-corrected chi connectivity index (χ3v) is 6.93. The van der Waals surface area contributed by atoms with E-state index in [-0.39, 0.29) is 17.7 Å². The molecule has 1 saturated heterocycles. The van der Waals surface area contributed by atoms with Crippen molar-refractivity contribution in [1.82, 2.24) is 15.1 Å². The number of rotatable bonds is 6. The quantitative estimate of drug-likeness (QED) is 0.790. The fraction of sp³-hybridized carbons (Fsp3) is 0.474. The molecule has 1 fully saturated rings. The van der Waals surface area contributed by atoms with Gasteiger partial charge in [-0.3, -0.25) is 9.48 Å². The maximum absolute atomic E-state index is 12.5. The Balaban J connectivity index is 1.67. The molecule has 3 rings (SSSR count). The third-order valence-electron chi connectivity index (χ3n) is 4.76. The lowest BCUT2D eigenvalue weighted by Crippen LogP contribution is -2.32. The summed E-state index contributed by atoms with van der Waals surface area (Å²) in [6, 6.07) is 8.90. The van der Waals surface area contributed by atoms with Gasteiger partial charge in [0.25, 0.3) is 5.91 Å². The monoisotopic (exact) mass is 390 g/mol. The van der Waals surface area contributed by atoms with Gasteiger partial charge in [0.1, 0.15) is 0 Å². The van der Waals surface area contributed by atoms with Crippen LogP contribution in [0.4, 0.5) is 5.69 Å². The zero-order chi connectivity index (χ0) is 19.4. The van der Waals surface area contributed by atoms with Gasteiger partial charge in [-0.25, -0.2) is 8.42 Å². The fourth-order valence-electron chi connectivity index (χ4n) is 3.05. The molecule has 1 unspecified atom stereocenters. The summed E-state index contributed by atoms with van der Waals surface area (Å²) in [6.45, 7) is 5.21. The molecule has 1 atom stereocenters. The van der Waals surface area contributed by atoms with Crippen molar-refractivity contribution in [3.63, 3.8) is 0 Å². The molecule has 7 nitrogen and oxygen atoms in total. The lowest BCUT2D eigenvalue weighted by Gasteiger charge is -2.22. The summed E-state index contributed by atoms with van der Waals surface area (Å²) in [7, 11) is -3.19. The maximum Gasteiger partial charge on any atom is 0.276 e. The molecule has 0 bridgehead atoms. The molecular formula is C19H26N4O3S. The first kappa shape index (κ1) is 19.6. The third kappa shape index (κ3) is 4.95. The lowest BCUT2D eigenvalue weighted by molar-refractivity contribution is 0.102. The van der Waals surface area contributed by atoms with Crippen LogP contribution in [-0.2, 0) is 15.6 Å². The number of hydrogen-bond acceptors (Lipinski definition) is 5. The smallest absolute Gasteiger partial charge is 0.276 e. The van der Waals surface area contributed by atoms with Crippen molar-refractivity contribution in [2.45, 2.75) is 43.7 Å². The minimum atomic E-state index is -3.19. The van der Waals surface area contributed by atoms with Gasteiger partial charge in [0, 0.05) is 18.4 Å². The topological polar surface area (TPSA) is 93.1 Å². The van der Waals surface area contributed by atoms with Crippen LogP contribution >= 0.6 is 0 Å². The van der Waals surface area contributed by atoms with E-state index in [0.717, 1.165) is 25.9 Å². The highest BCUT2D eigenvalue weighted by molar-refractivity contribution is 7.91. The summed E-state index contributed by atoms with van der Waals surface area (Å²) < 4.78 is 26.0. The van der Waals surface area contributed by atoms with Crippen LogP contribution in [0, 0.1) is 0 Å². The van der Waals surface area contributed by atoms with E-state index >= 15 is 0 Å². The van der Waals surface area contributed by atoms with Crippen molar-refractivity contribution in [1.29, 1.82) is 0 Å². The summed E-state index contributed by atoms with van der Waals surface area (Å²) in [4.78, 5) is 12.5. The number of nitrogens with one attached hydrogen (secondary N) is 2. The highest BCUT2D eigenvalue weighted by atomic mass is 32.2.